The van der Waals surface area contributed by atoms with E-state index in [9.17, 15) is 4.79 Å². The molecule has 0 saturated heterocycles. The van der Waals surface area contributed by atoms with Crippen molar-refractivity contribution in [3.8, 4) is 0 Å². The molecule has 3 rings (SSSR count). The van der Waals surface area contributed by atoms with Crippen molar-refractivity contribution in [2.75, 3.05) is 0 Å². The summed E-state index contributed by atoms with van der Waals surface area (Å²) in [6, 6.07) is 6.87. The monoisotopic (exact) mass is 255 g/mol. The molecule has 2 aromatic heterocycles. The van der Waals surface area contributed by atoms with Gasteiger partial charge in [0.05, 0.1) is 0 Å². The zero-order chi connectivity index (χ0) is 13.4. The van der Waals surface area contributed by atoms with Gasteiger partial charge in [0.15, 0.2) is 0 Å². The molecule has 0 saturated carbocycles. The number of carboxylic acid groups (broad SMARTS) is 1. The number of nitrogens with zero attached hydrogens (tertiary/aromatic N) is 1. The van der Waals surface area contributed by atoms with E-state index in [0.29, 0.717) is 6.42 Å². The maximum atomic E-state index is 10.8. The lowest BCUT2D eigenvalue weighted by molar-refractivity contribution is -0.138. The average molecular weight is 255 g/mol. The van der Waals surface area contributed by atoms with Gasteiger partial charge in [-0.15, -0.1) is 0 Å². The lowest BCUT2D eigenvalue weighted by Gasteiger charge is -2.06. The van der Waals surface area contributed by atoms with Crippen molar-refractivity contribution in [3.63, 3.8) is 0 Å². The molecule has 0 bridgehead atoms. The second-order valence-corrected chi connectivity index (χ2v) is 4.58. The van der Waals surface area contributed by atoms with Gasteiger partial charge in [-0.05, 0) is 24.1 Å². The number of rotatable bonds is 3. The van der Waals surface area contributed by atoms with Crippen molar-refractivity contribution in [2.45, 2.75) is 12.5 Å². The molecule has 96 valence electrons. The summed E-state index contributed by atoms with van der Waals surface area (Å²) in [5.41, 5.74) is 8.44. The minimum absolute atomic E-state index is 0.318. The first-order valence-electron chi connectivity index (χ1n) is 5.98. The van der Waals surface area contributed by atoms with Crippen molar-refractivity contribution in [1.29, 1.82) is 0 Å². The molecular weight excluding hydrogens is 242 g/mol. The predicted octanol–water partition coefficient (Wildman–Crippen LogP) is 1.67. The summed E-state index contributed by atoms with van der Waals surface area (Å²) in [6.07, 6.45) is 3.87. The van der Waals surface area contributed by atoms with Crippen LogP contribution in [-0.4, -0.2) is 27.1 Å². The number of aromatic amines is 1. The molecule has 0 aliphatic carbocycles. The Kier molecular flexibility index (Phi) is 2.68. The minimum Gasteiger partial charge on any atom is -0.480 e. The predicted molar refractivity (Wildman–Crippen MR) is 72.9 cm³/mol. The Hall–Kier alpha value is -2.40. The molecule has 1 aromatic carbocycles. The van der Waals surface area contributed by atoms with E-state index in [2.05, 4.69) is 9.97 Å². The number of fused-ring (bicyclic) bond motifs is 3. The number of benzene rings is 1. The van der Waals surface area contributed by atoms with E-state index in [4.69, 9.17) is 10.8 Å². The first-order chi connectivity index (χ1) is 9.15. The molecule has 19 heavy (non-hydrogen) atoms. The number of H-pyrrole nitrogens is 1. The zero-order valence-corrected chi connectivity index (χ0v) is 10.1. The van der Waals surface area contributed by atoms with Crippen LogP contribution in [0.2, 0.25) is 0 Å². The number of pyridine rings is 1. The van der Waals surface area contributed by atoms with Crippen LogP contribution in [0.3, 0.4) is 0 Å². The maximum absolute atomic E-state index is 10.8. The standard InChI is InChI=1S/C14H13N3O2/c15-11(14(18)19)5-8-1-2-9-10-7-16-4-3-12(10)17-13(9)6-8/h1-4,6-7,11,17H,5,15H2,(H,18,19). The van der Waals surface area contributed by atoms with Gasteiger partial charge in [-0.1, -0.05) is 12.1 Å². The summed E-state index contributed by atoms with van der Waals surface area (Å²) in [6.45, 7) is 0. The molecule has 1 atom stereocenters. The van der Waals surface area contributed by atoms with Gasteiger partial charge in [0.1, 0.15) is 6.04 Å². The minimum atomic E-state index is -0.985. The van der Waals surface area contributed by atoms with E-state index in [-0.39, 0.29) is 0 Å². The van der Waals surface area contributed by atoms with Crippen molar-refractivity contribution in [2.24, 2.45) is 5.73 Å². The van der Waals surface area contributed by atoms with Crippen molar-refractivity contribution >= 4 is 27.8 Å². The SMILES string of the molecule is NC(Cc1ccc2c(c1)[nH]c1ccncc12)C(=O)O. The molecule has 0 aliphatic rings. The third-order valence-corrected chi connectivity index (χ3v) is 3.24. The fraction of sp³-hybridized carbons (Fsp3) is 0.143. The lowest BCUT2D eigenvalue weighted by atomic mass is 10.0. The highest BCUT2D eigenvalue weighted by Crippen LogP contribution is 2.25. The summed E-state index contributed by atoms with van der Waals surface area (Å²) in [4.78, 5) is 18.2. The van der Waals surface area contributed by atoms with Gasteiger partial charge < -0.3 is 15.8 Å². The Labute approximate surface area is 109 Å². The molecule has 0 fully saturated rings. The van der Waals surface area contributed by atoms with Crippen LogP contribution < -0.4 is 5.73 Å². The van der Waals surface area contributed by atoms with E-state index in [0.717, 1.165) is 27.4 Å². The van der Waals surface area contributed by atoms with Gasteiger partial charge >= 0.3 is 5.97 Å². The molecule has 0 spiro atoms. The van der Waals surface area contributed by atoms with Gasteiger partial charge in [0.2, 0.25) is 0 Å². The Balaban J connectivity index is 2.06. The van der Waals surface area contributed by atoms with Crippen LogP contribution in [0, 0.1) is 0 Å². The molecular formula is C14H13N3O2. The summed E-state index contributed by atoms with van der Waals surface area (Å²) < 4.78 is 0. The number of hydrogen-bond donors (Lipinski definition) is 3. The zero-order valence-electron chi connectivity index (χ0n) is 10.1. The van der Waals surface area contributed by atoms with E-state index in [1.54, 1.807) is 6.20 Å². The highest BCUT2D eigenvalue weighted by Gasteiger charge is 2.13. The molecule has 0 radical (unpaired) electrons. The van der Waals surface area contributed by atoms with Crippen molar-refractivity contribution in [1.82, 2.24) is 9.97 Å². The third kappa shape index (κ3) is 2.04. The highest BCUT2D eigenvalue weighted by atomic mass is 16.4. The lowest BCUT2D eigenvalue weighted by Crippen LogP contribution is -2.32. The summed E-state index contributed by atoms with van der Waals surface area (Å²) >= 11 is 0. The van der Waals surface area contributed by atoms with Gasteiger partial charge in [0.25, 0.3) is 0 Å². The van der Waals surface area contributed by atoms with Gasteiger partial charge in [0, 0.05) is 34.2 Å². The van der Waals surface area contributed by atoms with E-state index in [1.807, 2.05) is 30.5 Å². The van der Waals surface area contributed by atoms with Crippen molar-refractivity contribution in [3.05, 3.63) is 42.2 Å². The number of carbonyl (C=O) groups is 1. The molecule has 0 amide bonds. The molecule has 2 heterocycles. The first-order valence-corrected chi connectivity index (χ1v) is 5.98. The van der Waals surface area contributed by atoms with Crippen LogP contribution in [0.1, 0.15) is 5.56 Å². The molecule has 3 aromatic rings. The molecule has 5 heteroatoms. The maximum Gasteiger partial charge on any atom is 0.320 e. The van der Waals surface area contributed by atoms with Crippen LogP contribution in [0.4, 0.5) is 0 Å². The Morgan fingerprint density at radius 3 is 2.95 bits per heavy atom. The second-order valence-electron chi connectivity index (χ2n) is 4.58. The Morgan fingerprint density at radius 2 is 2.16 bits per heavy atom. The van der Waals surface area contributed by atoms with E-state index >= 15 is 0 Å². The number of carboxylic acids is 1. The summed E-state index contributed by atoms with van der Waals surface area (Å²) in [5, 5.41) is 11.0. The third-order valence-electron chi connectivity index (χ3n) is 3.24. The van der Waals surface area contributed by atoms with Crippen LogP contribution in [0.25, 0.3) is 21.8 Å². The number of nitrogens with two attached hydrogens (primary N) is 1. The number of aliphatic carboxylic acids is 1. The topological polar surface area (TPSA) is 92.0 Å². The molecule has 0 aliphatic heterocycles. The average Bonchev–Trinajstić information content (AvgIpc) is 2.76. The van der Waals surface area contributed by atoms with E-state index in [1.165, 1.54) is 0 Å². The fourth-order valence-electron chi connectivity index (χ4n) is 2.26. The van der Waals surface area contributed by atoms with Gasteiger partial charge in [-0.2, -0.15) is 0 Å². The quantitative estimate of drug-likeness (QED) is 0.663. The number of hydrogen-bond acceptors (Lipinski definition) is 3. The second kappa shape index (κ2) is 4.37. The first kappa shape index (κ1) is 11.7. The molecule has 1 unspecified atom stereocenters. The van der Waals surface area contributed by atoms with E-state index < -0.39 is 12.0 Å². The van der Waals surface area contributed by atoms with Gasteiger partial charge in [-0.3, -0.25) is 9.78 Å². The number of nitrogens with one attached hydrogen (secondary N) is 1. The molecule has 4 N–H and O–H groups in total. The Bertz CT molecular complexity index is 764. The largest absolute Gasteiger partial charge is 0.480 e. The Morgan fingerprint density at radius 1 is 1.32 bits per heavy atom. The fourth-order valence-corrected chi connectivity index (χ4v) is 2.26. The number of aromatic nitrogens is 2. The summed E-state index contributed by atoms with van der Waals surface area (Å²) in [5.74, 6) is -0.985. The summed E-state index contributed by atoms with van der Waals surface area (Å²) in [7, 11) is 0. The van der Waals surface area contributed by atoms with Crippen LogP contribution in [-0.2, 0) is 11.2 Å². The van der Waals surface area contributed by atoms with Crippen molar-refractivity contribution < 1.29 is 9.90 Å². The van der Waals surface area contributed by atoms with Crippen LogP contribution >= 0.6 is 0 Å². The van der Waals surface area contributed by atoms with Crippen LogP contribution in [0.15, 0.2) is 36.7 Å². The smallest absolute Gasteiger partial charge is 0.320 e. The highest BCUT2D eigenvalue weighted by molar-refractivity contribution is 6.06. The van der Waals surface area contributed by atoms with Crippen LogP contribution in [0.5, 0.6) is 0 Å². The molecule has 5 nitrogen and oxygen atoms in total. The van der Waals surface area contributed by atoms with Gasteiger partial charge in [-0.25, -0.2) is 0 Å². The normalized spacial score (nSPS) is 12.9.